The van der Waals surface area contributed by atoms with E-state index in [1.54, 1.807) is 7.11 Å². The number of likely N-dealkylation sites (tertiary alicyclic amines) is 1. The minimum Gasteiger partial charge on any atom is -0.497 e. The number of nitrogens with one attached hydrogen (secondary N) is 1. The second-order valence-corrected chi connectivity index (χ2v) is 5.99. The number of methoxy groups -OCH3 is 1. The molecule has 1 aliphatic heterocycles. The number of halogens is 1. The number of nitrogens with zero attached hydrogens (tertiary/aromatic N) is 2. The first-order valence-electron chi connectivity index (χ1n) is 8.03. The Balaban J connectivity index is 0.00000288. The number of ether oxygens (including phenoxy) is 1. The number of nitrogens with two attached hydrogens (primary N) is 1. The average Bonchev–Trinajstić information content (AvgIpc) is 2.58. The summed E-state index contributed by atoms with van der Waals surface area (Å²) < 4.78 is 5.10. The maximum Gasteiger partial charge on any atom is 0.242 e. The number of benzene rings is 1. The molecule has 6 nitrogen and oxygen atoms in total. The summed E-state index contributed by atoms with van der Waals surface area (Å²) in [5.74, 6) is 1.76. The first kappa shape index (κ1) is 20.5. The number of amides is 1. The molecule has 134 valence electrons. The van der Waals surface area contributed by atoms with E-state index in [0.29, 0.717) is 18.4 Å². The number of hydrogen-bond acceptors (Lipinski definition) is 3. The van der Waals surface area contributed by atoms with Gasteiger partial charge in [0.15, 0.2) is 5.96 Å². The summed E-state index contributed by atoms with van der Waals surface area (Å²) in [5, 5.41) is 2.84. The van der Waals surface area contributed by atoms with E-state index in [-0.39, 0.29) is 36.4 Å². The maximum absolute atomic E-state index is 11.9. The molecule has 1 atom stereocenters. The molecule has 3 N–H and O–H groups in total. The van der Waals surface area contributed by atoms with Crippen molar-refractivity contribution in [2.45, 2.75) is 26.3 Å². The third-order valence-electron chi connectivity index (χ3n) is 4.01. The molecule has 7 heteroatoms. The lowest BCUT2D eigenvalue weighted by atomic mass is 10.0. The molecule has 0 spiro atoms. The van der Waals surface area contributed by atoms with Gasteiger partial charge in [-0.25, -0.2) is 4.99 Å². The van der Waals surface area contributed by atoms with Crippen LogP contribution in [0.1, 0.15) is 25.3 Å². The first-order chi connectivity index (χ1) is 11.1. The van der Waals surface area contributed by atoms with E-state index in [1.807, 2.05) is 24.3 Å². The fraction of sp³-hybridized carbons (Fsp3) is 0.529. The van der Waals surface area contributed by atoms with Crippen LogP contribution in [0.15, 0.2) is 29.3 Å². The van der Waals surface area contributed by atoms with Crippen molar-refractivity contribution in [2.24, 2.45) is 16.6 Å². The maximum atomic E-state index is 11.9. The highest BCUT2D eigenvalue weighted by atomic mass is 127. The molecular weight excluding hydrogens is 419 g/mol. The number of guanidine groups is 1. The summed E-state index contributed by atoms with van der Waals surface area (Å²) in [4.78, 5) is 18.1. The van der Waals surface area contributed by atoms with E-state index in [1.165, 1.54) is 6.42 Å². The Labute approximate surface area is 160 Å². The smallest absolute Gasteiger partial charge is 0.242 e. The monoisotopic (exact) mass is 446 g/mol. The van der Waals surface area contributed by atoms with Crippen molar-refractivity contribution in [3.05, 3.63) is 29.8 Å². The van der Waals surface area contributed by atoms with E-state index >= 15 is 0 Å². The Morgan fingerprint density at radius 1 is 1.42 bits per heavy atom. The zero-order valence-corrected chi connectivity index (χ0v) is 16.7. The lowest BCUT2D eigenvalue weighted by molar-refractivity contribution is -0.119. The van der Waals surface area contributed by atoms with Gasteiger partial charge in [-0.3, -0.25) is 4.79 Å². The summed E-state index contributed by atoms with van der Waals surface area (Å²) in [6, 6.07) is 7.59. The van der Waals surface area contributed by atoms with Gasteiger partial charge in [-0.2, -0.15) is 0 Å². The van der Waals surface area contributed by atoms with Crippen LogP contribution < -0.4 is 15.8 Å². The molecule has 2 rings (SSSR count). The Hall–Kier alpha value is -1.51. The summed E-state index contributed by atoms with van der Waals surface area (Å²) in [6.07, 6.45) is 2.35. The molecule has 1 aromatic carbocycles. The van der Waals surface area contributed by atoms with Crippen molar-refractivity contribution >= 4 is 35.8 Å². The predicted octanol–water partition coefficient (Wildman–Crippen LogP) is 1.98. The first-order valence-corrected chi connectivity index (χ1v) is 8.03. The molecule has 0 saturated carbocycles. The Morgan fingerprint density at radius 2 is 2.12 bits per heavy atom. The molecular formula is C17H27IN4O2. The van der Waals surface area contributed by atoms with Gasteiger partial charge in [-0.15, -0.1) is 24.0 Å². The van der Waals surface area contributed by atoms with Gasteiger partial charge < -0.3 is 20.7 Å². The highest BCUT2D eigenvalue weighted by Crippen LogP contribution is 2.14. The van der Waals surface area contributed by atoms with Gasteiger partial charge >= 0.3 is 0 Å². The zero-order chi connectivity index (χ0) is 16.7. The number of piperidine rings is 1. The lowest BCUT2D eigenvalue weighted by Crippen LogP contribution is -2.44. The van der Waals surface area contributed by atoms with Crippen molar-refractivity contribution in [1.82, 2.24) is 10.2 Å². The standard InChI is InChI=1S/C17H26N4O2.HI/c1-13-4-3-9-21(12-13)17(18)20-11-16(22)19-10-14-5-7-15(23-2)8-6-14;/h5-8,13H,3-4,9-12H2,1-2H3,(H2,18,20)(H,19,22);1H. The van der Waals surface area contributed by atoms with Crippen molar-refractivity contribution in [2.75, 3.05) is 26.7 Å². The second-order valence-electron chi connectivity index (χ2n) is 5.99. The molecule has 1 heterocycles. The van der Waals surface area contributed by atoms with Crippen LogP contribution in [0.3, 0.4) is 0 Å². The fourth-order valence-corrected chi connectivity index (χ4v) is 2.65. The summed E-state index contributed by atoms with van der Waals surface area (Å²) >= 11 is 0. The van der Waals surface area contributed by atoms with Crippen LogP contribution in [0, 0.1) is 5.92 Å². The van der Waals surface area contributed by atoms with Crippen LogP contribution in [0.25, 0.3) is 0 Å². The predicted molar refractivity (Wildman–Crippen MR) is 107 cm³/mol. The second kappa shape index (κ2) is 10.4. The van der Waals surface area contributed by atoms with Gasteiger partial charge in [0.1, 0.15) is 12.3 Å². The zero-order valence-electron chi connectivity index (χ0n) is 14.3. The normalized spacial score (nSPS) is 17.8. The number of aliphatic imine (C=N–C) groups is 1. The summed E-state index contributed by atoms with van der Waals surface area (Å²) in [7, 11) is 1.63. The van der Waals surface area contributed by atoms with Crippen LogP contribution in [0.2, 0.25) is 0 Å². The van der Waals surface area contributed by atoms with Gasteiger partial charge in [0, 0.05) is 19.6 Å². The Morgan fingerprint density at radius 3 is 2.75 bits per heavy atom. The largest absolute Gasteiger partial charge is 0.497 e. The molecule has 1 saturated heterocycles. The molecule has 1 aromatic rings. The van der Waals surface area contributed by atoms with Crippen molar-refractivity contribution in [1.29, 1.82) is 0 Å². The van der Waals surface area contributed by atoms with Gasteiger partial charge in [-0.1, -0.05) is 19.1 Å². The van der Waals surface area contributed by atoms with E-state index in [0.717, 1.165) is 30.8 Å². The highest BCUT2D eigenvalue weighted by molar-refractivity contribution is 14.0. The van der Waals surface area contributed by atoms with Gasteiger partial charge in [0.2, 0.25) is 5.91 Å². The van der Waals surface area contributed by atoms with Crippen LogP contribution in [0.4, 0.5) is 0 Å². The Kier molecular flexibility index (Phi) is 8.88. The van der Waals surface area contributed by atoms with Crippen LogP contribution in [-0.2, 0) is 11.3 Å². The minimum absolute atomic E-state index is 0. The van der Waals surface area contributed by atoms with Crippen molar-refractivity contribution < 1.29 is 9.53 Å². The van der Waals surface area contributed by atoms with Crippen LogP contribution in [-0.4, -0.2) is 43.5 Å². The summed E-state index contributed by atoms with van der Waals surface area (Å²) in [5.41, 5.74) is 6.99. The third-order valence-corrected chi connectivity index (χ3v) is 4.01. The fourth-order valence-electron chi connectivity index (χ4n) is 2.65. The number of carbonyl (C=O) groups excluding carboxylic acids is 1. The van der Waals surface area contributed by atoms with Crippen LogP contribution >= 0.6 is 24.0 Å². The molecule has 0 aliphatic carbocycles. The van der Waals surface area contributed by atoms with E-state index in [4.69, 9.17) is 10.5 Å². The molecule has 1 aliphatic rings. The molecule has 0 aromatic heterocycles. The van der Waals surface area contributed by atoms with Crippen molar-refractivity contribution in [3.63, 3.8) is 0 Å². The van der Waals surface area contributed by atoms with E-state index < -0.39 is 0 Å². The van der Waals surface area contributed by atoms with Gasteiger partial charge in [0.25, 0.3) is 0 Å². The lowest BCUT2D eigenvalue weighted by Gasteiger charge is -2.31. The number of hydrogen-bond donors (Lipinski definition) is 2. The summed E-state index contributed by atoms with van der Waals surface area (Å²) in [6.45, 7) is 4.59. The quantitative estimate of drug-likeness (QED) is 0.412. The topological polar surface area (TPSA) is 79.9 Å². The molecule has 24 heavy (non-hydrogen) atoms. The molecule has 1 fully saturated rings. The molecule has 1 unspecified atom stereocenters. The number of carbonyl (C=O) groups is 1. The average molecular weight is 446 g/mol. The minimum atomic E-state index is -0.131. The Bertz CT molecular complexity index is 548. The van der Waals surface area contributed by atoms with Crippen molar-refractivity contribution in [3.8, 4) is 5.75 Å². The van der Waals surface area contributed by atoms with E-state index in [9.17, 15) is 4.79 Å². The molecule has 0 bridgehead atoms. The third kappa shape index (κ3) is 6.54. The molecule has 1 amide bonds. The van der Waals surface area contributed by atoms with Gasteiger partial charge in [-0.05, 0) is 36.5 Å². The van der Waals surface area contributed by atoms with Crippen LogP contribution in [0.5, 0.6) is 5.75 Å². The number of rotatable bonds is 5. The highest BCUT2D eigenvalue weighted by Gasteiger charge is 2.17. The van der Waals surface area contributed by atoms with E-state index in [2.05, 4.69) is 22.1 Å². The van der Waals surface area contributed by atoms with Gasteiger partial charge in [0.05, 0.1) is 7.11 Å². The SMILES string of the molecule is COc1ccc(CNC(=O)CN=C(N)N2CCCC(C)C2)cc1.I. The molecule has 0 radical (unpaired) electrons.